The van der Waals surface area contributed by atoms with Crippen LogP contribution >= 0.6 is 11.6 Å². The molecule has 2 amide bonds. The summed E-state index contributed by atoms with van der Waals surface area (Å²) >= 11 is 5.55. The Labute approximate surface area is 112 Å². The van der Waals surface area contributed by atoms with Crippen LogP contribution in [0.3, 0.4) is 0 Å². The number of benzene rings is 1. The molecule has 0 atom stereocenters. The van der Waals surface area contributed by atoms with Gasteiger partial charge in [-0.1, -0.05) is 23.8 Å². The molecular weight excluding hydrogens is 281 g/mol. The summed E-state index contributed by atoms with van der Waals surface area (Å²) in [7, 11) is 0. The van der Waals surface area contributed by atoms with Crippen molar-refractivity contribution in [3.8, 4) is 0 Å². The zero-order valence-electron chi connectivity index (χ0n) is 9.67. The smallest absolute Gasteiger partial charge is 0.317 e. The minimum atomic E-state index is -4.57. The van der Waals surface area contributed by atoms with Crippen LogP contribution in [0.5, 0.6) is 0 Å². The zero-order valence-corrected chi connectivity index (χ0v) is 10.4. The van der Waals surface area contributed by atoms with Gasteiger partial charge in [0.05, 0.1) is 11.3 Å². The fourth-order valence-electron chi connectivity index (χ4n) is 1.70. The number of rotatable bonds is 1. The third-order valence-electron chi connectivity index (χ3n) is 2.63. The van der Waals surface area contributed by atoms with Crippen LogP contribution in [0.4, 0.5) is 23.7 Å². The second kappa shape index (κ2) is 5.13. The van der Waals surface area contributed by atoms with E-state index in [-0.39, 0.29) is 10.7 Å². The molecular formula is C12H10ClF3N2O. The molecule has 1 aromatic carbocycles. The number of amides is 2. The van der Waals surface area contributed by atoms with Gasteiger partial charge in [-0.2, -0.15) is 13.2 Å². The van der Waals surface area contributed by atoms with E-state index in [1.54, 1.807) is 12.2 Å². The summed E-state index contributed by atoms with van der Waals surface area (Å²) in [6.07, 6.45) is -1.03. The second-order valence-electron chi connectivity index (χ2n) is 3.99. The van der Waals surface area contributed by atoms with Crippen LogP contribution in [0.15, 0.2) is 30.4 Å². The van der Waals surface area contributed by atoms with E-state index < -0.39 is 17.8 Å². The molecule has 1 aliphatic heterocycles. The predicted octanol–water partition coefficient (Wildman–Crippen LogP) is 3.76. The Kier molecular flexibility index (Phi) is 3.71. The minimum Gasteiger partial charge on any atom is -0.317 e. The monoisotopic (exact) mass is 290 g/mol. The number of alkyl halides is 3. The van der Waals surface area contributed by atoms with Gasteiger partial charge in [0.15, 0.2) is 0 Å². The third kappa shape index (κ3) is 3.20. The number of halogens is 4. The Morgan fingerprint density at radius 2 is 1.89 bits per heavy atom. The zero-order chi connectivity index (χ0) is 14.0. The maximum absolute atomic E-state index is 12.8. The van der Waals surface area contributed by atoms with E-state index in [2.05, 4.69) is 5.32 Å². The number of carbonyl (C=O) groups is 1. The van der Waals surface area contributed by atoms with Crippen molar-refractivity contribution in [2.45, 2.75) is 6.18 Å². The number of urea groups is 1. The van der Waals surface area contributed by atoms with E-state index >= 15 is 0 Å². The quantitative estimate of drug-likeness (QED) is 0.785. The van der Waals surface area contributed by atoms with Crippen molar-refractivity contribution in [1.82, 2.24) is 4.90 Å². The molecule has 0 saturated heterocycles. The van der Waals surface area contributed by atoms with Gasteiger partial charge in [0.1, 0.15) is 0 Å². The molecule has 1 N–H and O–H groups in total. The molecule has 19 heavy (non-hydrogen) atoms. The number of carbonyl (C=O) groups excluding carboxylic acids is 1. The summed E-state index contributed by atoms with van der Waals surface area (Å²) in [6, 6.07) is 2.67. The molecule has 1 heterocycles. The Hall–Kier alpha value is -1.69. The van der Waals surface area contributed by atoms with E-state index in [0.717, 1.165) is 12.1 Å². The van der Waals surface area contributed by atoms with E-state index in [0.29, 0.717) is 13.1 Å². The van der Waals surface area contributed by atoms with Crippen LogP contribution in [0.2, 0.25) is 5.02 Å². The highest BCUT2D eigenvalue weighted by Gasteiger charge is 2.34. The summed E-state index contributed by atoms with van der Waals surface area (Å²) in [5.41, 5.74) is -1.26. The number of nitrogens with one attached hydrogen (secondary N) is 1. The molecule has 0 saturated carbocycles. The fourth-order valence-corrected chi connectivity index (χ4v) is 1.87. The summed E-state index contributed by atoms with van der Waals surface area (Å²) in [5, 5.41) is 2.22. The molecule has 102 valence electrons. The first-order chi connectivity index (χ1) is 8.88. The molecule has 0 bridgehead atoms. The van der Waals surface area contributed by atoms with Gasteiger partial charge in [0, 0.05) is 18.1 Å². The molecule has 7 heteroatoms. The number of hydrogen-bond donors (Lipinski definition) is 1. The average molecular weight is 291 g/mol. The van der Waals surface area contributed by atoms with E-state index in [1.165, 1.54) is 11.0 Å². The number of nitrogens with zero attached hydrogens (tertiary/aromatic N) is 1. The fraction of sp³-hybridized carbons (Fsp3) is 0.250. The summed E-state index contributed by atoms with van der Waals surface area (Å²) in [5.74, 6) is 0. The van der Waals surface area contributed by atoms with E-state index in [4.69, 9.17) is 11.6 Å². The average Bonchev–Trinajstić information content (AvgIpc) is 2.83. The van der Waals surface area contributed by atoms with Crippen molar-refractivity contribution in [1.29, 1.82) is 0 Å². The van der Waals surface area contributed by atoms with Crippen molar-refractivity contribution in [3.05, 3.63) is 40.9 Å². The maximum atomic E-state index is 12.8. The largest absolute Gasteiger partial charge is 0.418 e. The van der Waals surface area contributed by atoms with Gasteiger partial charge in [-0.3, -0.25) is 0 Å². The van der Waals surface area contributed by atoms with Crippen molar-refractivity contribution < 1.29 is 18.0 Å². The van der Waals surface area contributed by atoms with Gasteiger partial charge in [-0.15, -0.1) is 0 Å². The van der Waals surface area contributed by atoms with Gasteiger partial charge >= 0.3 is 12.2 Å². The van der Waals surface area contributed by atoms with Gasteiger partial charge in [0.25, 0.3) is 0 Å². The number of hydrogen-bond acceptors (Lipinski definition) is 1. The summed E-state index contributed by atoms with van der Waals surface area (Å²) in [4.78, 5) is 13.1. The van der Waals surface area contributed by atoms with Crippen molar-refractivity contribution >= 4 is 23.3 Å². The lowest BCUT2D eigenvalue weighted by atomic mass is 10.1. The molecule has 1 aliphatic rings. The highest BCUT2D eigenvalue weighted by Crippen LogP contribution is 2.36. The predicted molar refractivity (Wildman–Crippen MR) is 66.2 cm³/mol. The minimum absolute atomic E-state index is 0.0341. The van der Waals surface area contributed by atoms with Crippen LogP contribution in [0.25, 0.3) is 0 Å². The second-order valence-corrected chi connectivity index (χ2v) is 4.43. The lowest BCUT2D eigenvalue weighted by Gasteiger charge is -2.19. The molecule has 1 aromatic rings. The highest BCUT2D eigenvalue weighted by molar-refractivity contribution is 6.30. The first-order valence-corrected chi connectivity index (χ1v) is 5.83. The molecule has 3 nitrogen and oxygen atoms in total. The van der Waals surface area contributed by atoms with Crippen molar-refractivity contribution in [2.75, 3.05) is 18.4 Å². The summed E-state index contributed by atoms with van der Waals surface area (Å²) in [6.45, 7) is 0.779. The Morgan fingerprint density at radius 3 is 2.47 bits per heavy atom. The van der Waals surface area contributed by atoms with E-state index in [9.17, 15) is 18.0 Å². The Bertz CT molecular complexity index is 520. The SMILES string of the molecule is O=C(Nc1ccc(Cl)cc1C(F)(F)F)N1CC=CC1. The van der Waals surface area contributed by atoms with Crippen LogP contribution in [0, 0.1) is 0 Å². The van der Waals surface area contributed by atoms with Crippen LogP contribution in [0.1, 0.15) is 5.56 Å². The van der Waals surface area contributed by atoms with Gasteiger partial charge in [-0.05, 0) is 18.2 Å². The normalized spacial score (nSPS) is 14.8. The molecule has 0 aromatic heterocycles. The van der Waals surface area contributed by atoms with E-state index in [1.807, 2.05) is 0 Å². The number of anilines is 1. The highest BCUT2D eigenvalue weighted by atomic mass is 35.5. The lowest BCUT2D eigenvalue weighted by Crippen LogP contribution is -2.33. The Balaban J connectivity index is 2.22. The van der Waals surface area contributed by atoms with Crippen LogP contribution < -0.4 is 5.32 Å². The van der Waals surface area contributed by atoms with Crippen molar-refractivity contribution in [3.63, 3.8) is 0 Å². The van der Waals surface area contributed by atoms with Crippen LogP contribution in [-0.4, -0.2) is 24.0 Å². The topological polar surface area (TPSA) is 32.3 Å². The Morgan fingerprint density at radius 1 is 1.26 bits per heavy atom. The standard InChI is InChI=1S/C12H10ClF3N2O/c13-8-3-4-10(9(7-8)12(14,15)16)17-11(19)18-5-1-2-6-18/h1-4,7H,5-6H2,(H,17,19). The first kappa shape index (κ1) is 13.7. The lowest BCUT2D eigenvalue weighted by molar-refractivity contribution is -0.136. The third-order valence-corrected chi connectivity index (χ3v) is 2.87. The molecule has 0 radical (unpaired) electrons. The van der Waals surface area contributed by atoms with Crippen molar-refractivity contribution in [2.24, 2.45) is 0 Å². The molecule has 2 rings (SSSR count). The van der Waals surface area contributed by atoms with Gasteiger partial charge in [-0.25, -0.2) is 4.79 Å². The maximum Gasteiger partial charge on any atom is 0.418 e. The van der Waals surface area contributed by atoms with Crippen LogP contribution in [-0.2, 0) is 6.18 Å². The van der Waals surface area contributed by atoms with Gasteiger partial charge in [0.2, 0.25) is 0 Å². The molecule has 0 aliphatic carbocycles. The summed E-state index contributed by atoms with van der Waals surface area (Å²) < 4.78 is 38.5. The molecule has 0 fully saturated rings. The first-order valence-electron chi connectivity index (χ1n) is 5.45. The molecule has 0 spiro atoms. The molecule has 0 unspecified atom stereocenters. The van der Waals surface area contributed by atoms with Gasteiger partial charge < -0.3 is 10.2 Å².